The number of piperazine rings is 1. The number of cyclic esters (lactones) is 1. The number of ether oxygens (including phenoxy) is 1. The van der Waals surface area contributed by atoms with Crippen LogP contribution in [0.15, 0.2) is 48.5 Å². The van der Waals surface area contributed by atoms with Crippen LogP contribution in [-0.4, -0.2) is 48.1 Å². The quantitative estimate of drug-likeness (QED) is 0.493. The van der Waals surface area contributed by atoms with Crippen LogP contribution in [-0.2, 0) is 16.1 Å². The van der Waals surface area contributed by atoms with Crippen molar-refractivity contribution < 1.29 is 19.4 Å². The number of β-amino-alcohol motifs (C(OH)–C–C–N with tert-alkyl or cyclic N) is 1. The molecule has 0 aliphatic carbocycles. The Kier molecular flexibility index (Phi) is 5.33. The van der Waals surface area contributed by atoms with Crippen molar-refractivity contribution in [1.29, 1.82) is 0 Å². The second-order valence-electron chi connectivity index (χ2n) is 8.51. The number of anilines is 1. The smallest absolute Gasteiger partial charge is 0.338 e. The molecule has 0 spiro atoms. The van der Waals surface area contributed by atoms with Crippen molar-refractivity contribution in [2.45, 2.75) is 19.6 Å². The summed E-state index contributed by atoms with van der Waals surface area (Å²) in [5, 5.41) is 12.8. The zero-order valence-corrected chi connectivity index (χ0v) is 18.2. The maximum absolute atomic E-state index is 12.9. The number of aliphatic hydroxyl groups is 1. The van der Waals surface area contributed by atoms with Crippen molar-refractivity contribution in [3.8, 4) is 0 Å². The van der Waals surface area contributed by atoms with E-state index in [1.807, 2.05) is 42.2 Å². The third kappa shape index (κ3) is 3.84. The number of aliphatic hydroxyl groups excluding tert-OH is 1. The lowest BCUT2D eigenvalue weighted by atomic mass is 9.95. The first-order chi connectivity index (χ1) is 15.9. The van der Waals surface area contributed by atoms with Crippen molar-refractivity contribution >= 4 is 34.0 Å². The van der Waals surface area contributed by atoms with E-state index >= 15 is 0 Å². The molecule has 1 fully saturated rings. The Labute approximate surface area is 191 Å². The minimum Gasteiger partial charge on any atom is -0.457 e. The van der Waals surface area contributed by atoms with Gasteiger partial charge in [-0.25, -0.2) is 9.64 Å². The zero-order chi connectivity index (χ0) is 23.1. The summed E-state index contributed by atoms with van der Waals surface area (Å²) >= 11 is 0. The Morgan fingerprint density at radius 1 is 1.09 bits per heavy atom. The summed E-state index contributed by atoms with van der Waals surface area (Å²) in [6.45, 7) is 11.0. The zero-order valence-electron chi connectivity index (χ0n) is 18.2. The SMILES string of the molecule is [C-]#[N+]c1ccc2ccc(N3CCN(C[C@H](O)c4ccc5c(c4C)COC5=O)CC3=O)cc2c1. The van der Waals surface area contributed by atoms with E-state index in [0.29, 0.717) is 30.9 Å². The van der Waals surface area contributed by atoms with Crippen molar-refractivity contribution in [1.82, 2.24) is 4.90 Å². The number of carbonyl (C=O) groups is 2. The number of amides is 1. The second kappa shape index (κ2) is 8.32. The molecule has 2 heterocycles. The maximum atomic E-state index is 12.9. The first kappa shape index (κ1) is 21.1. The molecule has 0 aromatic heterocycles. The van der Waals surface area contributed by atoms with Crippen LogP contribution in [0, 0.1) is 13.5 Å². The summed E-state index contributed by atoms with van der Waals surface area (Å²) in [5.41, 5.74) is 4.40. The molecule has 3 aromatic carbocycles. The number of hydrogen-bond acceptors (Lipinski definition) is 5. The number of fused-ring (bicyclic) bond motifs is 2. The predicted molar refractivity (Wildman–Crippen MR) is 124 cm³/mol. The summed E-state index contributed by atoms with van der Waals surface area (Å²) in [7, 11) is 0. The average Bonchev–Trinajstić information content (AvgIpc) is 3.20. The Hall–Kier alpha value is -3.73. The Morgan fingerprint density at radius 2 is 1.91 bits per heavy atom. The van der Waals surface area contributed by atoms with E-state index in [-0.39, 0.29) is 25.0 Å². The monoisotopic (exact) mass is 441 g/mol. The van der Waals surface area contributed by atoms with Crippen LogP contribution in [0.4, 0.5) is 11.4 Å². The molecule has 2 aliphatic rings. The second-order valence-corrected chi connectivity index (χ2v) is 8.51. The van der Waals surface area contributed by atoms with Gasteiger partial charge < -0.3 is 14.7 Å². The van der Waals surface area contributed by atoms with E-state index in [4.69, 9.17) is 11.3 Å². The molecule has 0 unspecified atom stereocenters. The van der Waals surface area contributed by atoms with Gasteiger partial charge >= 0.3 is 5.97 Å². The van der Waals surface area contributed by atoms with Crippen molar-refractivity contribution in [2.75, 3.05) is 31.1 Å². The third-order valence-corrected chi connectivity index (χ3v) is 6.55. The molecule has 1 amide bonds. The highest BCUT2D eigenvalue weighted by atomic mass is 16.5. The molecule has 7 nitrogen and oxygen atoms in total. The molecule has 0 bridgehead atoms. The van der Waals surface area contributed by atoms with Crippen LogP contribution >= 0.6 is 0 Å². The number of benzene rings is 3. The molecule has 33 heavy (non-hydrogen) atoms. The van der Waals surface area contributed by atoms with Gasteiger partial charge in [-0.3, -0.25) is 9.69 Å². The summed E-state index contributed by atoms with van der Waals surface area (Å²) in [4.78, 5) is 31.9. The van der Waals surface area contributed by atoms with Crippen molar-refractivity contribution in [3.05, 3.63) is 82.2 Å². The molecule has 3 aromatic rings. The van der Waals surface area contributed by atoms with Crippen molar-refractivity contribution in [2.24, 2.45) is 0 Å². The number of carbonyl (C=O) groups excluding carboxylic acids is 2. The van der Waals surface area contributed by atoms with Crippen LogP contribution < -0.4 is 4.90 Å². The molecule has 1 atom stereocenters. The molecule has 1 N–H and O–H groups in total. The van der Waals surface area contributed by atoms with Gasteiger partial charge in [0.2, 0.25) is 5.91 Å². The predicted octanol–water partition coefficient (Wildman–Crippen LogP) is 3.75. The maximum Gasteiger partial charge on any atom is 0.338 e. The number of hydrogen-bond donors (Lipinski definition) is 1. The number of nitrogens with zero attached hydrogens (tertiary/aromatic N) is 3. The molecule has 0 saturated carbocycles. The van der Waals surface area contributed by atoms with E-state index in [2.05, 4.69) is 4.85 Å². The fraction of sp³-hybridized carbons (Fsp3) is 0.269. The van der Waals surface area contributed by atoms with Crippen LogP contribution in [0.3, 0.4) is 0 Å². The first-order valence-corrected chi connectivity index (χ1v) is 10.9. The van der Waals surface area contributed by atoms with E-state index < -0.39 is 6.10 Å². The number of esters is 1. The van der Waals surface area contributed by atoms with Gasteiger partial charge in [0.05, 0.1) is 24.8 Å². The van der Waals surface area contributed by atoms with Gasteiger partial charge in [0.25, 0.3) is 0 Å². The summed E-state index contributed by atoms with van der Waals surface area (Å²) in [5.74, 6) is -0.353. The lowest BCUT2D eigenvalue weighted by Crippen LogP contribution is -2.51. The van der Waals surface area contributed by atoms with Gasteiger partial charge in [0.15, 0.2) is 5.69 Å². The molecule has 2 aliphatic heterocycles. The molecule has 166 valence electrons. The van der Waals surface area contributed by atoms with E-state index in [9.17, 15) is 14.7 Å². The van der Waals surface area contributed by atoms with Gasteiger partial charge in [-0.1, -0.05) is 24.3 Å². The topological polar surface area (TPSA) is 74.4 Å². The van der Waals surface area contributed by atoms with E-state index in [0.717, 1.165) is 33.2 Å². The standard InChI is InChI=1S/C26H23N3O4/c1-16-21(7-8-22-23(16)15-33-26(22)32)24(30)13-28-9-10-29(25(31)14-28)20-6-4-17-3-5-19(27-2)11-18(17)12-20/h3-8,11-12,24,30H,9-10,13-15H2,1H3/t24-/m0/s1. The Morgan fingerprint density at radius 3 is 2.70 bits per heavy atom. The fourth-order valence-electron chi connectivity index (χ4n) is 4.68. The summed E-state index contributed by atoms with van der Waals surface area (Å²) in [6, 6.07) is 14.9. The lowest BCUT2D eigenvalue weighted by molar-refractivity contribution is -0.121. The fourth-order valence-corrected chi connectivity index (χ4v) is 4.68. The van der Waals surface area contributed by atoms with Crippen LogP contribution in [0.2, 0.25) is 0 Å². The lowest BCUT2D eigenvalue weighted by Gasteiger charge is -2.35. The van der Waals surface area contributed by atoms with Gasteiger partial charge in [0, 0.05) is 30.9 Å². The minimum absolute atomic E-state index is 0.0289. The van der Waals surface area contributed by atoms with Crippen LogP contribution in [0.5, 0.6) is 0 Å². The highest BCUT2D eigenvalue weighted by Gasteiger charge is 2.29. The summed E-state index contributed by atoms with van der Waals surface area (Å²) in [6.07, 6.45) is -0.766. The van der Waals surface area contributed by atoms with Gasteiger partial charge in [-0.15, -0.1) is 0 Å². The Bertz CT molecular complexity index is 1330. The molecular formula is C26H23N3O4. The van der Waals surface area contributed by atoms with E-state index in [1.54, 1.807) is 23.1 Å². The molecular weight excluding hydrogens is 418 g/mol. The molecule has 7 heteroatoms. The highest BCUT2D eigenvalue weighted by Crippen LogP contribution is 2.30. The van der Waals surface area contributed by atoms with Crippen LogP contribution in [0.1, 0.15) is 33.2 Å². The Balaban J connectivity index is 1.28. The summed E-state index contributed by atoms with van der Waals surface area (Å²) < 4.78 is 5.10. The van der Waals surface area contributed by atoms with Crippen molar-refractivity contribution in [3.63, 3.8) is 0 Å². The molecule has 1 saturated heterocycles. The normalized spacial score (nSPS) is 17.1. The first-order valence-electron chi connectivity index (χ1n) is 10.9. The van der Waals surface area contributed by atoms with E-state index in [1.165, 1.54) is 0 Å². The third-order valence-electron chi connectivity index (χ3n) is 6.55. The molecule has 5 rings (SSSR count). The minimum atomic E-state index is -0.766. The largest absolute Gasteiger partial charge is 0.457 e. The highest BCUT2D eigenvalue weighted by molar-refractivity contribution is 5.98. The average molecular weight is 441 g/mol. The molecule has 0 radical (unpaired) electrons. The number of rotatable bonds is 4. The van der Waals surface area contributed by atoms with Gasteiger partial charge in [-0.05, 0) is 53.1 Å². The van der Waals surface area contributed by atoms with Gasteiger partial charge in [-0.2, -0.15) is 0 Å². The van der Waals surface area contributed by atoms with Crippen LogP contribution in [0.25, 0.3) is 15.6 Å². The van der Waals surface area contributed by atoms with Gasteiger partial charge in [0.1, 0.15) is 6.61 Å².